The molecule has 11 atom stereocenters. The monoisotopic (exact) mass is 498 g/mol. The lowest BCUT2D eigenvalue weighted by Crippen LogP contribution is -2.62. The van der Waals surface area contributed by atoms with E-state index >= 15 is 0 Å². The molecule has 0 saturated heterocycles. The summed E-state index contributed by atoms with van der Waals surface area (Å²) in [6.07, 6.45) is 3.02. The van der Waals surface area contributed by atoms with Crippen LogP contribution in [0.15, 0.2) is 11.6 Å². The molecule has 34 heavy (non-hydrogen) atoms. The number of hydrogen-bond donors (Lipinski definition) is 5. The molecule has 0 radical (unpaired) electrons. The Hall–Kier alpha value is -0.500. The topological polar surface area (TPSA) is 118 Å². The van der Waals surface area contributed by atoms with Crippen LogP contribution in [0.1, 0.15) is 79.1 Å². The van der Waals surface area contributed by atoms with Crippen LogP contribution in [0.25, 0.3) is 0 Å². The van der Waals surface area contributed by atoms with Crippen molar-refractivity contribution in [2.24, 2.45) is 34.5 Å². The van der Waals surface area contributed by atoms with E-state index in [4.69, 9.17) is 11.6 Å². The molecule has 0 heterocycles. The molecule has 0 aromatic rings. The van der Waals surface area contributed by atoms with Gasteiger partial charge in [-0.05, 0) is 93.1 Å². The summed E-state index contributed by atoms with van der Waals surface area (Å²) < 4.78 is 0. The molecular formula is C27H43ClO6. The number of hydrogen-bond acceptors (Lipinski definition) is 6. The van der Waals surface area contributed by atoms with Crippen molar-refractivity contribution in [3.8, 4) is 0 Å². The van der Waals surface area contributed by atoms with Gasteiger partial charge in [0.25, 0.3) is 0 Å². The first kappa shape index (κ1) is 26.6. The van der Waals surface area contributed by atoms with Crippen molar-refractivity contribution >= 4 is 17.4 Å². The van der Waals surface area contributed by atoms with Crippen molar-refractivity contribution in [1.82, 2.24) is 0 Å². The minimum atomic E-state index is -1.38. The van der Waals surface area contributed by atoms with Crippen LogP contribution < -0.4 is 0 Å². The predicted octanol–water partition coefficient (Wildman–Crippen LogP) is 2.96. The fourth-order valence-electron chi connectivity index (χ4n) is 8.35. The number of rotatable bonds is 6. The van der Waals surface area contributed by atoms with Crippen LogP contribution in [0.3, 0.4) is 0 Å². The number of fused-ring (bicyclic) bond motifs is 5. The molecule has 0 aliphatic heterocycles. The summed E-state index contributed by atoms with van der Waals surface area (Å²) in [5.41, 5.74) is -3.10. The van der Waals surface area contributed by atoms with Gasteiger partial charge in [0.2, 0.25) is 0 Å². The highest BCUT2D eigenvalue weighted by Gasteiger charge is 2.69. The minimum Gasteiger partial charge on any atom is -0.390 e. The maximum atomic E-state index is 13.3. The van der Waals surface area contributed by atoms with Crippen LogP contribution in [0.2, 0.25) is 0 Å². The SMILES string of the molecule is C[C@@H](CCl)CC[C@@H](O)[C@](C)(O)[C@H]1CC[C@@]2(O)C3=CC(=O)[C@@H]4C[C@@H](O)[C@@H](O)C[C@]4(C)[C@H]3CC[C@]12C. The Morgan fingerprint density at radius 2 is 1.82 bits per heavy atom. The second-order valence-electron chi connectivity index (χ2n) is 12.7. The molecule has 4 rings (SSSR count). The fourth-order valence-corrected chi connectivity index (χ4v) is 8.51. The highest BCUT2D eigenvalue weighted by molar-refractivity contribution is 6.18. The van der Waals surface area contributed by atoms with E-state index < -0.39 is 40.3 Å². The molecule has 0 unspecified atom stereocenters. The lowest BCUT2D eigenvalue weighted by atomic mass is 9.45. The largest absolute Gasteiger partial charge is 0.390 e. The van der Waals surface area contributed by atoms with Gasteiger partial charge in [0.1, 0.15) is 0 Å². The summed E-state index contributed by atoms with van der Waals surface area (Å²) in [5, 5.41) is 55.5. The summed E-state index contributed by atoms with van der Waals surface area (Å²) in [4.78, 5) is 13.3. The normalized spacial score (nSPS) is 47.6. The zero-order valence-corrected chi connectivity index (χ0v) is 21.8. The van der Waals surface area contributed by atoms with Gasteiger partial charge in [0.05, 0.1) is 29.5 Å². The molecule has 6 nitrogen and oxygen atoms in total. The van der Waals surface area contributed by atoms with Crippen molar-refractivity contribution in [2.75, 3.05) is 5.88 Å². The molecule has 4 aliphatic rings. The number of carbonyl (C=O) groups excluding carboxylic acids is 1. The third-order valence-corrected chi connectivity index (χ3v) is 11.2. The van der Waals surface area contributed by atoms with Gasteiger partial charge in [-0.3, -0.25) is 4.79 Å². The molecular weight excluding hydrogens is 456 g/mol. The van der Waals surface area contributed by atoms with Crippen LogP contribution in [-0.4, -0.2) is 66.7 Å². The summed E-state index contributed by atoms with van der Waals surface area (Å²) >= 11 is 5.92. The maximum absolute atomic E-state index is 13.3. The van der Waals surface area contributed by atoms with Crippen molar-refractivity contribution < 1.29 is 30.3 Å². The predicted molar refractivity (Wildman–Crippen MR) is 130 cm³/mol. The Morgan fingerprint density at radius 3 is 2.47 bits per heavy atom. The van der Waals surface area contributed by atoms with E-state index in [-0.39, 0.29) is 35.9 Å². The lowest BCUT2D eigenvalue weighted by molar-refractivity contribution is -0.176. The van der Waals surface area contributed by atoms with Crippen LogP contribution in [-0.2, 0) is 4.79 Å². The first-order valence-corrected chi connectivity index (χ1v) is 13.6. The highest BCUT2D eigenvalue weighted by atomic mass is 35.5. The minimum absolute atomic E-state index is 0.0615. The summed E-state index contributed by atoms with van der Waals surface area (Å²) in [6.45, 7) is 7.74. The quantitative estimate of drug-likeness (QED) is 0.359. The first-order chi connectivity index (χ1) is 15.7. The van der Waals surface area contributed by atoms with Crippen molar-refractivity contribution in [2.45, 2.75) is 109 Å². The molecule has 0 aromatic heterocycles. The summed E-state index contributed by atoms with van der Waals surface area (Å²) in [5.74, 6) is -0.0808. The average Bonchev–Trinajstić information content (AvgIpc) is 3.06. The Labute approximate surface area is 208 Å². The molecule has 0 aromatic carbocycles. The van der Waals surface area contributed by atoms with Gasteiger partial charge < -0.3 is 25.5 Å². The van der Waals surface area contributed by atoms with Gasteiger partial charge in [-0.15, -0.1) is 11.6 Å². The van der Waals surface area contributed by atoms with Crippen LogP contribution in [0.5, 0.6) is 0 Å². The molecule has 0 spiro atoms. The number of halogens is 1. The smallest absolute Gasteiger partial charge is 0.159 e. The van der Waals surface area contributed by atoms with E-state index in [9.17, 15) is 30.3 Å². The van der Waals surface area contributed by atoms with Crippen LogP contribution in [0, 0.1) is 34.5 Å². The second-order valence-corrected chi connectivity index (χ2v) is 13.0. The Kier molecular flexibility index (Phi) is 6.88. The van der Waals surface area contributed by atoms with Gasteiger partial charge in [-0.25, -0.2) is 0 Å². The molecule has 0 bridgehead atoms. The van der Waals surface area contributed by atoms with E-state index in [0.29, 0.717) is 44.4 Å². The standard InChI is InChI=1S/C27H43ClO6/c1-15(14-28)5-6-23(32)26(4,33)22-8-10-27(34)17-11-19(29)18-12-20(30)21(31)13-24(18,2)16(17)7-9-25(22,27)3/h11,15-16,18,20-23,30-34H,5-10,12-14H2,1-4H3/t15-,16+,18+,20-,21+,22+,23-,24-,25-,26-,27-/m1/s1. The zero-order valence-electron chi connectivity index (χ0n) is 21.0. The molecule has 3 saturated carbocycles. The lowest BCUT2D eigenvalue weighted by Gasteiger charge is -2.60. The third-order valence-electron chi connectivity index (χ3n) is 10.7. The maximum Gasteiger partial charge on any atom is 0.159 e. The third kappa shape index (κ3) is 3.74. The van der Waals surface area contributed by atoms with Crippen LogP contribution >= 0.6 is 11.6 Å². The van der Waals surface area contributed by atoms with Gasteiger partial charge in [0, 0.05) is 17.2 Å². The van der Waals surface area contributed by atoms with Gasteiger partial charge >= 0.3 is 0 Å². The van der Waals surface area contributed by atoms with Crippen molar-refractivity contribution in [3.63, 3.8) is 0 Å². The highest BCUT2D eigenvalue weighted by Crippen LogP contribution is 2.68. The molecule has 5 N–H and O–H groups in total. The second kappa shape index (κ2) is 8.81. The fraction of sp³-hybridized carbons (Fsp3) is 0.889. The first-order valence-electron chi connectivity index (χ1n) is 13.0. The van der Waals surface area contributed by atoms with Crippen molar-refractivity contribution in [3.05, 3.63) is 11.6 Å². The number of alkyl halides is 1. The molecule has 7 heteroatoms. The Bertz CT molecular complexity index is 843. The zero-order chi connectivity index (χ0) is 25.3. The number of allylic oxidation sites excluding steroid dienone is 1. The number of aliphatic hydroxyl groups is 5. The Balaban J connectivity index is 1.65. The number of carbonyl (C=O) groups is 1. The van der Waals surface area contributed by atoms with E-state index in [0.717, 1.165) is 12.0 Å². The molecule has 4 aliphatic carbocycles. The van der Waals surface area contributed by atoms with Crippen LogP contribution in [0.4, 0.5) is 0 Å². The van der Waals surface area contributed by atoms with E-state index in [1.165, 1.54) is 0 Å². The summed E-state index contributed by atoms with van der Waals surface area (Å²) in [7, 11) is 0. The summed E-state index contributed by atoms with van der Waals surface area (Å²) in [6, 6.07) is 0. The van der Waals surface area contributed by atoms with Gasteiger partial charge in [-0.1, -0.05) is 20.8 Å². The van der Waals surface area contributed by atoms with E-state index in [1.54, 1.807) is 13.0 Å². The van der Waals surface area contributed by atoms with Gasteiger partial charge in [-0.2, -0.15) is 0 Å². The average molecular weight is 499 g/mol. The van der Waals surface area contributed by atoms with E-state index in [2.05, 4.69) is 0 Å². The number of aliphatic hydroxyl groups excluding tert-OH is 3. The molecule has 3 fully saturated rings. The van der Waals surface area contributed by atoms with Crippen molar-refractivity contribution in [1.29, 1.82) is 0 Å². The molecule has 0 amide bonds. The molecule has 194 valence electrons. The number of ketones is 1. The van der Waals surface area contributed by atoms with Gasteiger partial charge in [0.15, 0.2) is 5.78 Å². The Morgan fingerprint density at radius 1 is 1.15 bits per heavy atom. The van der Waals surface area contributed by atoms with E-state index in [1.807, 2.05) is 20.8 Å².